The van der Waals surface area contributed by atoms with E-state index in [1.54, 1.807) is 0 Å². The lowest BCUT2D eigenvalue weighted by Gasteiger charge is -2.37. The summed E-state index contributed by atoms with van der Waals surface area (Å²) in [6.45, 7) is 6.06. The highest BCUT2D eigenvalue weighted by Crippen LogP contribution is 2.38. The number of piperidine rings is 2. The van der Waals surface area contributed by atoms with Crippen LogP contribution in [0.2, 0.25) is 0 Å². The van der Waals surface area contributed by atoms with Gasteiger partial charge in [-0.15, -0.1) is 0 Å². The summed E-state index contributed by atoms with van der Waals surface area (Å²) < 4.78 is 224. The van der Waals surface area contributed by atoms with E-state index in [2.05, 4.69) is 9.47 Å². The number of aliphatic hydroxyl groups excluding tert-OH is 1. The number of hydrogen-bond donors (Lipinski definition) is 2. The number of halogens is 12. The van der Waals surface area contributed by atoms with Gasteiger partial charge in [0.1, 0.15) is 6.61 Å². The highest BCUT2D eigenvalue weighted by Gasteiger charge is 2.61. The van der Waals surface area contributed by atoms with Gasteiger partial charge in [0.15, 0.2) is 19.7 Å². The van der Waals surface area contributed by atoms with Gasteiger partial charge < -0.3 is 43.7 Å². The quantitative estimate of drug-likeness (QED) is 0.0971. The van der Waals surface area contributed by atoms with Crippen LogP contribution in [0.3, 0.4) is 0 Å². The molecule has 4 aliphatic heterocycles. The van der Waals surface area contributed by atoms with Crippen LogP contribution in [-0.2, 0) is 43.4 Å². The summed E-state index contributed by atoms with van der Waals surface area (Å²) in [5, 5.41) is 17.4. The molecule has 4 aliphatic rings. The molecule has 4 heterocycles. The van der Waals surface area contributed by atoms with Crippen LogP contribution in [0, 0.1) is 22.7 Å². The third kappa shape index (κ3) is 19.3. The van der Waals surface area contributed by atoms with Crippen LogP contribution in [0.25, 0.3) is 0 Å². The van der Waals surface area contributed by atoms with Gasteiger partial charge in [0.2, 0.25) is 0 Å². The molecule has 4 fully saturated rings. The Morgan fingerprint density at radius 3 is 1.17 bits per heavy atom. The van der Waals surface area contributed by atoms with Crippen LogP contribution in [-0.4, -0.2) is 175 Å². The number of carbonyl (C=O) groups excluding carboxylic acids is 3. The van der Waals surface area contributed by atoms with Crippen LogP contribution in [0.1, 0.15) is 73.1 Å². The van der Waals surface area contributed by atoms with Gasteiger partial charge in [-0.25, -0.2) is 36.0 Å². The number of aliphatic hydroxyl groups is 1. The van der Waals surface area contributed by atoms with Crippen molar-refractivity contribution in [1.82, 2.24) is 9.80 Å². The fourth-order valence-corrected chi connectivity index (χ4v) is 10.5. The van der Waals surface area contributed by atoms with Crippen molar-refractivity contribution < 1.29 is 123 Å². The van der Waals surface area contributed by atoms with Gasteiger partial charge in [0.05, 0.1) is 65.5 Å². The van der Waals surface area contributed by atoms with Crippen molar-refractivity contribution in [2.45, 2.75) is 99.1 Å². The lowest BCUT2D eigenvalue weighted by atomic mass is 9.90. The first-order valence-corrected chi connectivity index (χ1v) is 26.7. The second kappa shape index (κ2) is 25.8. The predicted octanol–water partition coefficient (Wildman–Crippen LogP) is 8.29. The first kappa shape index (κ1) is 64.4. The monoisotopic (exact) mass is 1170 g/mol. The Labute approximate surface area is 433 Å². The van der Waals surface area contributed by atoms with Crippen LogP contribution < -0.4 is 0 Å². The van der Waals surface area contributed by atoms with Crippen LogP contribution in [0.4, 0.5) is 62.3 Å². The molecular formula is C46H56F12N2O15S2. The third-order valence-corrected chi connectivity index (χ3v) is 16.1. The summed E-state index contributed by atoms with van der Waals surface area (Å²) in [5.74, 6) is -2.82. The Kier molecular flexibility index (Phi) is 21.5. The van der Waals surface area contributed by atoms with E-state index in [9.17, 15) is 88.7 Å². The Bertz CT molecular complexity index is 2490. The second-order valence-corrected chi connectivity index (χ2v) is 23.7. The first-order chi connectivity index (χ1) is 35.4. The minimum absolute atomic E-state index is 0.0141. The number of likely N-dealkylation sites (tertiary alicyclic amines) is 2. The predicted molar refractivity (Wildman–Crippen MR) is 242 cm³/mol. The molecule has 2 N–H and O–H groups in total. The fraction of sp³-hybridized carbons (Fsp3) is 0.652. The third-order valence-electron chi connectivity index (χ3n) is 12.6. The van der Waals surface area contributed by atoms with E-state index in [1.165, 1.54) is 24.3 Å². The molecule has 2 amide bonds. The number of alkyl halides is 12. The van der Waals surface area contributed by atoms with Crippen molar-refractivity contribution in [3.63, 3.8) is 0 Å². The zero-order valence-corrected chi connectivity index (χ0v) is 42.7. The maximum Gasteiger partial charge on any atom is 0.434 e. The van der Waals surface area contributed by atoms with Gasteiger partial charge in [-0.05, 0) is 98.9 Å². The number of ether oxygens (including phenoxy) is 5. The van der Waals surface area contributed by atoms with Crippen molar-refractivity contribution in [3.8, 4) is 0 Å². The van der Waals surface area contributed by atoms with Gasteiger partial charge in [0, 0.05) is 37.0 Å². The second-order valence-electron chi connectivity index (χ2n) is 19.5. The highest BCUT2D eigenvalue weighted by molar-refractivity contribution is 7.91. The average Bonchev–Trinajstić information content (AvgIpc) is 3.33. The van der Waals surface area contributed by atoms with Gasteiger partial charge in [-0.1, -0.05) is 13.8 Å². The fourth-order valence-electron chi connectivity index (χ4n) is 7.68. The molecule has 31 heteroatoms. The van der Waals surface area contributed by atoms with Crippen LogP contribution in [0.5, 0.6) is 0 Å². The molecule has 4 saturated heterocycles. The molecule has 2 aromatic carbocycles. The standard InChI is InChI=1S/C23H27F6NO7S.C18H19F6NO6S.C5H10O2/c1-21(12-35-13-21)14-36-18(31)16-2-4-17(5-3-16)38(33,34)11-8-15-6-9-30(10-7-15)20(32)37-19(22(24,25)26)23(27,28)29;19-17(20,21)15(18(22,23)24)31-16(28)25-8-5-11(6-9-25)7-10-32(29,30)13-3-1-12(2-4-13)14(26)27;1-5(2-6)3-7-4-5/h2-5,15,19H,6-14H2,1H3;1-4,11,15H,5-10H2,(H,26,27);6H,2-4H2,1H3. The molecule has 0 aromatic heterocycles. The topological polar surface area (TPSA) is 230 Å². The number of esters is 1. The number of carbonyl (C=O) groups is 4. The number of benzene rings is 2. The normalized spacial score (nSPS) is 18.4. The number of sulfone groups is 2. The molecule has 0 atom stereocenters. The minimum atomic E-state index is -5.80. The number of carboxylic acids is 1. The molecule has 0 saturated carbocycles. The van der Waals surface area contributed by atoms with E-state index in [0.29, 0.717) is 13.2 Å². The number of nitrogens with zero attached hydrogens (tertiary/aromatic N) is 2. The summed E-state index contributed by atoms with van der Waals surface area (Å²) in [4.78, 5) is 48.0. The highest BCUT2D eigenvalue weighted by atomic mass is 32.2. The lowest BCUT2D eigenvalue weighted by Crippen LogP contribution is -2.49. The van der Waals surface area contributed by atoms with E-state index >= 15 is 0 Å². The molecule has 0 spiro atoms. The van der Waals surface area contributed by atoms with E-state index in [-0.39, 0.29) is 133 Å². The molecule has 0 unspecified atom stereocenters. The van der Waals surface area contributed by atoms with E-state index in [1.807, 2.05) is 13.8 Å². The molecule has 0 aliphatic carbocycles. The van der Waals surface area contributed by atoms with Gasteiger partial charge in [-0.2, -0.15) is 52.7 Å². The molecule has 77 heavy (non-hydrogen) atoms. The maximum absolute atomic E-state index is 12.7. The average molecular weight is 1170 g/mol. The summed E-state index contributed by atoms with van der Waals surface area (Å²) in [6.07, 6.45) is -34.1. The number of rotatable bonds is 15. The van der Waals surface area contributed by atoms with Crippen LogP contribution >= 0.6 is 0 Å². The molecular weight excluding hydrogens is 1110 g/mol. The molecule has 17 nitrogen and oxygen atoms in total. The van der Waals surface area contributed by atoms with Crippen molar-refractivity contribution in [3.05, 3.63) is 59.7 Å². The van der Waals surface area contributed by atoms with E-state index in [4.69, 9.17) is 24.4 Å². The Hall–Kier alpha value is -5.14. The van der Waals surface area contributed by atoms with E-state index in [0.717, 1.165) is 47.3 Å². The SMILES string of the molecule is CC1(CO)COC1.CC1(COC(=O)c2ccc(S(=O)(=O)CCC3CCN(C(=O)OC(C(F)(F)F)C(F)(F)F)CC3)cc2)COC1.O=C(O)c1ccc(S(=O)(=O)CCC2CCN(C(=O)OC(C(F)(F)F)C(F)(F)F)CC2)cc1. The number of amides is 2. The van der Waals surface area contributed by atoms with Gasteiger partial charge in [0.25, 0.3) is 12.2 Å². The largest absolute Gasteiger partial charge is 0.478 e. The van der Waals surface area contributed by atoms with Crippen molar-refractivity contribution in [2.24, 2.45) is 22.7 Å². The summed E-state index contributed by atoms with van der Waals surface area (Å²) >= 11 is 0. The van der Waals surface area contributed by atoms with Crippen LogP contribution in [0.15, 0.2) is 58.3 Å². The smallest absolute Gasteiger partial charge is 0.434 e. The number of aromatic carboxylic acids is 1. The summed E-state index contributed by atoms with van der Waals surface area (Å²) in [5.41, 5.74) is -0.0314. The minimum Gasteiger partial charge on any atom is -0.478 e. The Morgan fingerprint density at radius 2 is 0.909 bits per heavy atom. The molecule has 2 aromatic rings. The summed E-state index contributed by atoms with van der Waals surface area (Å²) in [6, 6.07) is 9.88. The van der Waals surface area contributed by atoms with Gasteiger partial charge in [-0.3, -0.25) is 0 Å². The Balaban J connectivity index is 0.000000297. The lowest BCUT2D eigenvalue weighted by molar-refractivity contribution is -0.309. The summed E-state index contributed by atoms with van der Waals surface area (Å²) in [7, 11) is -7.46. The zero-order chi connectivity index (χ0) is 58.0. The van der Waals surface area contributed by atoms with Crippen molar-refractivity contribution >= 4 is 43.8 Å². The number of hydrogen-bond acceptors (Lipinski definition) is 14. The Morgan fingerprint density at radius 1 is 0.584 bits per heavy atom. The molecule has 436 valence electrons. The van der Waals surface area contributed by atoms with E-state index < -0.39 is 80.7 Å². The first-order valence-electron chi connectivity index (χ1n) is 23.4. The number of carboxylic acid groups (broad SMARTS) is 1. The van der Waals surface area contributed by atoms with Crippen molar-refractivity contribution in [1.29, 1.82) is 0 Å². The van der Waals surface area contributed by atoms with Gasteiger partial charge >= 0.3 is 48.8 Å². The zero-order valence-electron chi connectivity index (χ0n) is 41.1. The molecule has 0 bridgehead atoms. The molecule has 6 rings (SSSR count). The van der Waals surface area contributed by atoms with Crippen molar-refractivity contribution in [2.75, 3.05) is 77.3 Å². The molecule has 0 radical (unpaired) electrons. The maximum atomic E-state index is 12.7.